The molecule has 6 atom stereocenters. The number of unbranched alkanes of at least 4 members (excludes halogenated alkanes) is 6. The fraction of sp³-hybridized carbons (Fsp3) is 0.706. The van der Waals surface area contributed by atoms with Crippen LogP contribution in [0, 0.1) is 0 Å². The van der Waals surface area contributed by atoms with Gasteiger partial charge in [0.05, 0.1) is 23.2 Å². The van der Waals surface area contributed by atoms with Gasteiger partial charge < -0.3 is 39.4 Å². The van der Waals surface area contributed by atoms with Gasteiger partial charge in [0, 0.05) is 31.4 Å². The summed E-state index contributed by atoms with van der Waals surface area (Å²) >= 11 is 0. The van der Waals surface area contributed by atoms with Crippen LogP contribution in [0.4, 0.5) is 0 Å². The summed E-state index contributed by atoms with van der Waals surface area (Å²) in [7, 11) is 0. The number of Topliss-reactive ketones (excluding diaryl/α,β-unsaturated/α-hetero) is 1. The topological polar surface area (TPSA) is 167 Å². The Morgan fingerprint density at radius 2 is 1.57 bits per heavy atom. The molecule has 1 aromatic heterocycles. The van der Waals surface area contributed by atoms with E-state index in [0.717, 1.165) is 57.8 Å². The summed E-state index contributed by atoms with van der Waals surface area (Å²) < 4.78 is 17.4. The number of ketones is 1. The average Bonchev–Trinajstić information content (AvgIpc) is 2.92. The minimum atomic E-state index is -1.50. The highest BCUT2D eigenvalue weighted by Crippen LogP contribution is 2.30. The monoisotopic (exact) mass is 620 g/mol. The van der Waals surface area contributed by atoms with Gasteiger partial charge in [-0.1, -0.05) is 32.1 Å². The molecule has 0 amide bonds. The zero-order valence-electron chi connectivity index (χ0n) is 26.7. The molecule has 10 heteroatoms. The quantitative estimate of drug-likeness (QED) is 0.153. The van der Waals surface area contributed by atoms with Crippen LogP contribution in [-0.2, 0) is 22.4 Å². The lowest BCUT2D eigenvalue weighted by Gasteiger charge is -2.38. The predicted octanol–water partition coefficient (Wildman–Crippen LogP) is 4.10. The largest absolute Gasteiger partial charge is 0.462 e. The molecule has 0 bridgehead atoms. The van der Waals surface area contributed by atoms with Crippen molar-refractivity contribution >= 4 is 16.8 Å². The van der Waals surface area contributed by atoms with Crippen molar-refractivity contribution in [3.63, 3.8) is 0 Å². The minimum absolute atomic E-state index is 0.160. The maximum absolute atomic E-state index is 13.1. The van der Waals surface area contributed by atoms with Crippen LogP contribution in [0.15, 0.2) is 27.4 Å². The number of aliphatic hydroxyl groups is 5. The lowest BCUT2D eigenvalue weighted by molar-refractivity contribution is -0.268. The molecule has 1 saturated heterocycles. The van der Waals surface area contributed by atoms with Crippen LogP contribution < -0.4 is 10.2 Å². The molecular weight excluding hydrogens is 568 g/mol. The van der Waals surface area contributed by atoms with Crippen molar-refractivity contribution in [3.8, 4) is 5.75 Å². The van der Waals surface area contributed by atoms with Crippen molar-refractivity contribution in [1.82, 2.24) is 0 Å². The summed E-state index contributed by atoms with van der Waals surface area (Å²) in [6, 6.07) is 4.60. The van der Waals surface area contributed by atoms with Crippen molar-refractivity contribution in [2.24, 2.45) is 0 Å². The second-order valence-electron chi connectivity index (χ2n) is 13.1. The van der Waals surface area contributed by atoms with Gasteiger partial charge in [-0.3, -0.25) is 9.59 Å². The van der Waals surface area contributed by atoms with Gasteiger partial charge in [0.25, 0.3) is 0 Å². The van der Waals surface area contributed by atoms with E-state index in [1.807, 2.05) is 13.8 Å². The predicted molar refractivity (Wildman–Crippen MR) is 167 cm³/mol. The van der Waals surface area contributed by atoms with E-state index in [1.165, 1.54) is 12.1 Å². The molecule has 1 aliphatic rings. The number of rotatable bonds is 18. The van der Waals surface area contributed by atoms with Gasteiger partial charge >= 0.3 is 0 Å². The van der Waals surface area contributed by atoms with E-state index in [4.69, 9.17) is 13.9 Å². The molecule has 10 nitrogen and oxygen atoms in total. The highest BCUT2D eigenvalue weighted by atomic mass is 16.7. The first-order valence-electron chi connectivity index (χ1n) is 16.1. The van der Waals surface area contributed by atoms with Crippen molar-refractivity contribution in [1.29, 1.82) is 0 Å². The van der Waals surface area contributed by atoms with E-state index in [0.29, 0.717) is 36.0 Å². The van der Waals surface area contributed by atoms with Crippen LogP contribution in [0.5, 0.6) is 5.75 Å². The standard InChI is InChI=1S/C34H52O10/c1-21(35)17-25-19-27(37)29-23(13-9-8-11-15-24(36)14-10-6-5-7-12-16-34(3,4)41)18-26(20-28(29)43-25)44-33-32(40)31(39)30(38)22(2)42-33/h18-22,30-33,35,38-41H,5-17H2,1-4H3/t21-,22+,30+,31-,32-,33+/m1/s1. The van der Waals surface area contributed by atoms with E-state index in [-0.39, 0.29) is 29.0 Å². The molecule has 2 aromatic rings. The molecule has 5 N–H and O–H groups in total. The van der Waals surface area contributed by atoms with Crippen LogP contribution in [-0.4, -0.2) is 73.7 Å². The summed E-state index contributed by atoms with van der Waals surface area (Å²) in [5.74, 6) is 0.857. The molecule has 0 spiro atoms. The molecular formula is C34H52O10. The van der Waals surface area contributed by atoms with Crippen molar-refractivity contribution in [2.75, 3.05) is 0 Å². The Kier molecular flexibility index (Phi) is 13.8. The number of aryl methyl sites for hydroxylation is 1. The van der Waals surface area contributed by atoms with Gasteiger partial charge in [-0.05, 0) is 71.4 Å². The molecule has 0 aliphatic carbocycles. The minimum Gasteiger partial charge on any atom is -0.462 e. The van der Waals surface area contributed by atoms with E-state index >= 15 is 0 Å². The van der Waals surface area contributed by atoms with Crippen LogP contribution in [0.3, 0.4) is 0 Å². The number of aliphatic hydroxyl groups excluding tert-OH is 4. The number of hydrogen-bond donors (Lipinski definition) is 5. The molecule has 0 saturated carbocycles. The van der Waals surface area contributed by atoms with E-state index in [9.17, 15) is 35.1 Å². The van der Waals surface area contributed by atoms with Gasteiger partial charge in [0.15, 0.2) is 5.43 Å². The van der Waals surface area contributed by atoms with Crippen LogP contribution in [0.25, 0.3) is 11.0 Å². The van der Waals surface area contributed by atoms with Crippen LogP contribution in [0.2, 0.25) is 0 Å². The summed E-state index contributed by atoms with van der Waals surface area (Å²) in [6.45, 7) is 6.82. The lowest BCUT2D eigenvalue weighted by atomic mass is 9.98. The van der Waals surface area contributed by atoms with E-state index < -0.39 is 42.4 Å². The highest BCUT2D eigenvalue weighted by molar-refractivity contribution is 5.82. The maximum atomic E-state index is 13.1. The van der Waals surface area contributed by atoms with Gasteiger partial charge in [0.1, 0.15) is 41.2 Å². The summed E-state index contributed by atoms with van der Waals surface area (Å²) in [5, 5.41) is 50.6. The second kappa shape index (κ2) is 16.8. The summed E-state index contributed by atoms with van der Waals surface area (Å²) in [5.41, 5.74) is 0.107. The zero-order valence-corrected chi connectivity index (χ0v) is 26.7. The number of hydrogen-bond acceptors (Lipinski definition) is 10. The Hall–Kier alpha value is -2.34. The smallest absolute Gasteiger partial charge is 0.229 e. The number of fused-ring (bicyclic) bond motifs is 1. The van der Waals surface area contributed by atoms with E-state index in [2.05, 4.69) is 0 Å². The first-order chi connectivity index (χ1) is 20.7. The number of benzene rings is 1. The first kappa shape index (κ1) is 36.1. The number of carbonyl (C=O) groups excluding carboxylic acids is 1. The van der Waals surface area contributed by atoms with Crippen molar-refractivity contribution in [2.45, 2.75) is 154 Å². The van der Waals surface area contributed by atoms with E-state index in [1.54, 1.807) is 19.9 Å². The normalized spacial score (nSPS) is 23.2. The third-order valence-electron chi connectivity index (χ3n) is 8.14. The van der Waals surface area contributed by atoms with Crippen LogP contribution >= 0.6 is 0 Å². The van der Waals surface area contributed by atoms with Gasteiger partial charge in [0.2, 0.25) is 6.29 Å². The lowest BCUT2D eigenvalue weighted by Crippen LogP contribution is -2.58. The number of carbonyl (C=O) groups is 1. The third-order valence-corrected chi connectivity index (χ3v) is 8.14. The Balaban J connectivity index is 1.58. The number of ether oxygens (including phenoxy) is 2. The fourth-order valence-electron chi connectivity index (χ4n) is 5.65. The zero-order chi connectivity index (χ0) is 32.4. The van der Waals surface area contributed by atoms with Gasteiger partial charge in [-0.15, -0.1) is 0 Å². The summed E-state index contributed by atoms with van der Waals surface area (Å²) in [6.07, 6.45) is 2.97. The molecule has 44 heavy (non-hydrogen) atoms. The maximum Gasteiger partial charge on any atom is 0.229 e. The van der Waals surface area contributed by atoms with Crippen molar-refractivity contribution in [3.05, 3.63) is 39.7 Å². The average molecular weight is 621 g/mol. The molecule has 0 unspecified atom stereocenters. The molecule has 2 heterocycles. The molecule has 1 aliphatic heterocycles. The Morgan fingerprint density at radius 3 is 2.23 bits per heavy atom. The van der Waals surface area contributed by atoms with Crippen LogP contribution in [0.1, 0.15) is 110 Å². The molecule has 248 valence electrons. The highest BCUT2D eigenvalue weighted by Gasteiger charge is 2.43. The second-order valence-corrected chi connectivity index (χ2v) is 13.1. The SMILES string of the molecule is C[C@@H]1O[C@@H](Oc2cc(CCCCCC(=O)CCCCCCCC(C)(C)O)c3c(=O)cc(C[C@@H](C)O)oc3c2)[C@H](O)[C@H](O)[C@H]1O. The Labute approximate surface area is 260 Å². The molecule has 0 radical (unpaired) electrons. The van der Waals surface area contributed by atoms with Crippen molar-refractivity contribution < 1.29 is 44.2 Å². The van der Waals surface area contributed by atoms with Gasteiger partial charge in [-0.25, -0.2) is 0 Å². The Bertz CT molecular complexity index is 1250. The molecule has 3 rings (SSSR count). The molecule has 1 aromatic carbocycles. The summed E-state index contributed by atoms with van der Waals surface area (Å²) in [4.78, 5) is 25.5. The molecule has 1 fully saturated rings. The van der Waals surface area contributed by atoms with Gasteiger partial charge in [-0.2, -0.15) is 0 Å². The third kappa shape index (κ3) is 11.2. The first-order valence-corrected chi connectivity index (χ1v) is 16.1. The Morgan fingerprint density at radius 1 is 0.932 bits per heavy atom. The fourth-order valence-corrected chi connectivity index (χ4v) is 5.65.